The van der Waals surface area contributed by atoms with Gasteiger partial charge in [0.15, 0.2) is 13.2 Å². The summed E-state index contributed by atoms with van der Waals surface area (Å²) in [4.78, 5) is 25.8. The van der Waals surface area contributed by atoms with Crippen molar-refractivity contribution >= 4 is 41.2 Å². The Morgan fingerprint density at radius 2 is 2.09 bits per heavy atom. The van der Waals surface area contributed by atoms with Gasteiger partial charge in [0.2, 0.25) is 23.1 Å². The number of rotatable bonds is 8. The first-order valence-electron chi connectivity index (χ1n) is 15.2. The molecule has 1 aromatic carbocycles. The van der Waals surface area contributed by atoms with Gasteiger partial charge in [-0.1, -0.05) is 18.7 Å². The van der Waals surface area contributed by atoms with E-state index in [1.54, 1.807) is 17.3 Å². The van der Waals surface area contributed by atoms with Crippen LogP contribution in [0.15, 0.2) is 90.4 Å². The average molecular weight is 622 g/mol. The van der Waals surface area contributed by atoms with Crippen LogP contribution in [0.5, 0.6) is 5.75 Å². The number of carbonyl (C=O) groups excluding carboxylic acids is 1. The van der Waals surface area contributed by atoms with Crippen molar-refractivity contribution in [1.82, 2.24) is 24.8 Å². The molecule has 3 aliphatic heterocycles. The lowest BCUT2D eigenvalue weighted by Crippen LogP contribution is -2.50. The first kappa shape index (κ1) is 32.1. The highest BCUT2D eigenvalue weighted by Gasteiger charge is 2.36. The molecule has 3 aliphatic rings. The topological polar surface area (TPSA) is 98.4 Å². The number of hydrogen-bond acceptors (Lipinski definition) is 9. The number of aromatic nitrogens is 2. The van der Waals surface area contributed by atoms with Gasteiger partial charge in [-0.2, -0.15) is 9.68 Å². The Hall–Kier alpha value is -5.29. The van der Waals surface area contributed by atoms with Crippen LogP contribution >= 0.6 is 0 Å². The van der Waals surface area contributed by atoms with Gasteiger partial charge < -0.3 is 24.6 Å². The Morgan fingerprint density at radius 1 is 1.26 bits per heavy atom. The Balaban J connectivity index is 1.38. The molecule has 1 aromatic heterocycles. The summed E-state index contributed by atoms with van der Waals surface area (Å²) in [5.41, 5.74) is 4.19. The molecule has 0 unspecified atom stereocenters. The van der Waals surface area contributed by atoms with Crippen molar-refractivity contribution < 1.29 is 18.8 Å². The van der Waals surface area contributed by atoms with E-state index in [4.69, 9.17) is 9.47 Å². The zero-order chi connectivity index (χ0) is 32.8. The van der Waals surface area contributed by atoms with Crippen molar-refractivity contribution in [2.24, 2.45) is 5.10 Å². The monoisotopic (exact) mass is 621 g/mol. The van der Waals surface area contributed by atoms with E-state index < -0.39 is 0 Å². The van der Waals surface area contributed by atoms with Crippen molar-refractivity contribution in [3.8, 4) is 5.75 Å². The number of nitrogens with zero attached hydrogens (tertiary/aromatic N) is 7. The second kappa shape index (κ2) is 14.2. The smallest absolute Gasteiger partial charge is 0.247 e. The van der Waals surface area contributed by atoms with Crippen LogP contribution in [0.25, 0.3) is 11.8 Å². The number of anilines is 2. The minimum absolute atomic E-state index is 0.00218. The fraction of sp³-hybridized carbons (Fsp3) is 0.286. The van der Waals surface area contributed by atoms with E-state index in [1.165, 1.54) is 6.33 Å². The van der Waals surface area contributed by atoms with Gasteiger partial charge in [-0.25, -0.2) is 15.0 Å². The molecule has 2 aromatic rings. The number of benzene rings is 1. The molecule has 0 aliphatic carbocycles. The van der Waals surface area contributed by atoms with Crippen LogP contribution < -0.4 is 20.6 Å². The SMILES string of the molecule is C=C1C=C(Oc2ccc(Nc3ncnc(=C/C)/c3=C3/OCC4=[N+](CCN(C(=O)/C=C/CN(C)C)C4)C3=C)cc2C)C=CN1/N=C\C. The number of hydrogen-bond donors (Lipinski definition) is 1. The minimum atomic E-state index is -0.00218. The maximum absolute atomic E-state index is 12.8. The summed E-state index contributed by atoms with van der Waals surface area (Å²) < 4.78 is 14.7. The summed E-state index contributed by atoms with van der Waals surface area (Å²) >= 11 is 0. The molecule has 0 saturated heterocycles. The van der Waals surface area contributed by atoms with Crippen molar-refractivity contribution in [3.05, 3.63) is 101 Å². The number of hydrazone groups is 1. The first-order chi connectivity index (χ1) is 22.2. The predicted molar refractivity (Wildman–Crippen MR) is 182 cm³/mol. The van der Waals surface area contributed by atoms with Crippen LogP contribution in [0.2, 0.25) is 0 Å². The Bertz CT molecular complexity index is 1830. The number of amides is 1. The summed E-state index contributed by atoms with van der Waals surface area (Å²) in [6.45, 7) is 17.0. The molecule has 11 heteroatoms. The molecular formula is C35H41N8O3+. The molecule has 0 saturated carbocycles. The average Bonchev–Trinajstić information content (AvgIpc) is 3.03. The molecule has 4 heterocycles. The summed E-state index contributed by atoms with van der Waals surface area (Å²) in [6.07, 6.45) is 14.2. The Kier molecular flexibility index (Phi) is 9.92. The van der Waals surface area contributed by atoms with Gasteiger partial charge in [0, 0.05) is 36.8 Å². The summed E-state index contributed by atoms with van der Waals surface area (Å²) in [7, 11) is 3.94. The lowest BCUT2D eigenvalue weighted by molar-refractivity contribution is -0.484. The van der Waals surface area contributed by atoms with Gasteiger partial charge in [-0.3, -0.25) is 4.79 Å². The fourth-order valence-corrected chi connectivity index (χ4v) is 5.31. The number of carbonyl (C=O) groups is 1. The molecule has 0 atom stereocenters. The van der Waals surface area contributed by atoms with E-state index in [-0.39, 0.29) is 5.91 Å². The van der Waals surface area contributed by atoms with Crippen LogP contribution in [0.1, 0.15) is 19.4 Å². The van der Waals surface area contributed by atoms with Crippen molar-refractivity contribution in [2.75, 3.05) is 52.2 Å². The second-order valence-corrected chi connectivity index (χ2v) is 11.3. The Labute approximate surface area is 269 Å². The third-order valence-corrected chi connectivity index (χ3v) is 7.63. The number of aryl methyl sites for hydroxylation is 1. The quantitative estimate of drug-likeness (QED) is 0.273. The summed E-state index contributed by atoms with van der Waals surface area (Å²) in [6, 6.07) is 5.86. The summed E-state index contributed by atoms with van der Waals surface area (Å²) in [5, 5.41) is 10.8. The molecule has 0 bridgehead atoms. The van der Waals surface area contributed by atoms with Crippen LogP contribution in [0, 0.1) is 6.92 Å². The second-order valence-electron chi connectivity index (χ2n) is 11.3. The van der Waals surface area contributed by atoms with Gasteiger partial charge in [-0.15, -0.1) is 0 Å². The number of nitrogens with one attached hydrogen (secondary N) is 1. The maximum atomic E-state index is 12.8. The molecule has 1 amide bonds. The van der Waals surface area contributed by atoms with E-state index in [0.29, 0.717) is 55.8 Å². The number of likely N-dealkylation sites (N-methyl/N-ethyl adjacent to an activating group) is 1. The van der Waals surface area contributed by atoms with E-state index in [2.05, 4.69) is 38.1 Å². The maximum Gasteiger partial charge on any atom is 0.247 e. The fourth-order valence-electron chi connectivity index (χ4n) is 5.31. The van der Waals surface area contributed by atoms with Gasteiger partial charge in [0.25, 0.3) is 0 Å². The third kappa shape index (κ3) is 7.16. The number of allylic oxidation sites excluding steroid dienone is 2. The molecule has 238 valence electrons. The van der Waals surface area contributed by atoms with Gasteiger partial charge in [0.05, 0.1) is 22.8 Å². The first-order valence-corrected chi connectivity index (χ1v) is 15.2. The van der Waals surface area contributed by atoms with Gasteiger partial charge >= 0.3 is 0 Å². The van der Waals surface area contributed by atoms with Crippen molar-refractivity contribution in [1.29, 1.82) is 0 Å². The van der Waals surface area contributed by atoms with Gasteiger partial charge in [-0.05, 0) is 71.3 Å². The molecule has 46 heavy (non-hydrogen) atoms. The van der Waals surface area contributed by atoms with Crippen LogP contribution in [0.4, 0.5) is 11.5 Å². The minimum Gasteiger partial charge on any atom is -0.475 e. The highest BCUT2D eigenvalue weighted by molar-refractivity contribution is 5.94. The standard InChI is InChI=1S/C35H41N8O3/c1-8-30-33(34-26(5)42-18-17-41(21-28(42)22-45-34)32(44)11-10-15-40(6)7)35(37-23-36-30)39-27-12-13-31(24(3)19-27)46-29-14-16-43(38-9-2)25(4)20-29/h8-14,16,19-20,23H,4-5,15,17-18,21-22H2,1-3,6-7H3,(H,36,37,39)/q+1/b11-10+,30-8+,34-33-,38-9-. The number of ether oxygens (including phenoxy) is 2. The highest BCUT2D eigenvalue weighted by Crippen LogP contribution is 2.27. The molecule has 0 fully saturated rings. The molecule has 0 spiro atoms. The van der Waals surface area contributed by atoms with E-state index in [9.17, 15) is 4.79 Å². The van der Waals surface area contributed by atoms with Gasteiger partial charge in [0.1, 0.15) is 30.2 Å². The lowest BCUT2D eigenvalue weighted by atomic mass is 10.1. The van der Waals surface area contributed by atoms with Crippen molar-refractivity contribution in [3.63, 3.8) is 0 Å². The zero-order valence-electron chi connectivity index (χ0n) is 27.2. The predicted octanol–water partition coefficient (Wildman–Crippen LogP) is 3.01. The zero-order valence-corrected chi connectivity index (χ0v) is 27.2. The molecule has 0 radical (unpaired) electrons. The van der Waals surface area contributed by atoms with Crippen LogP contribution in [-0.2, 0) is 9.53 Å². The van der Waals surface area contributed by atoms with E-state index in [1.807, 2.05) is 93.4 Å². The molecular weight excluding hydrogens is 580 g/mol. The highest BCUT2D eigenvalue weighted by atomic mass is 16.5. The third-order valence-electron chi connectivity index (χ3n) is 7.63. The van der Waals surface area contributed by atoms with Crippen molar-refractivity contribution in [2.45, 2.75) is 20.8 Å². The van der Waals surface area contributed by atoms with E-state index >= 15 is 0 Å². The molecule has 11 nitrogen and oxygen atoms in total. The van der Waals surface area contributed by atoms with Crippen LogP contribution in [0.3, 0.4) is 0 Å². The lowest BCUT2D eigenvalue weighted by Gasteiger charge is -2.29. The van der Waals surface area contributed by atoms with Crippen LogP contribution in [-0.4, -0.2) is 94.1 Å². The Morgan fingerprint density at radius 3 is 2.80 bits per heavy atom. The normalized spacial score (nSPS) is 18.5. The summed E-state index contributed by atoms with van der Waals surface area (Å²) in [5.74, 6) is 2.60. The molecule has 5 rings (SSSR count). The largest absolute Gasteiger partial charge is 0.475 e. The molecule has 1 N–H and O–H groups in total. The van der Waals surface area contributed by atoms with E-state index in [0.717, 1.165) is 39.0 Å².